The van der Waals surface area contributed by atoms with Crippen LogP contribution < -0.4 is 39.7 Å². The number of rotatable bonds is 13. The first-order valence-corrected chi connectivity index (χ1v) is 16.6. The number of hydrazone groups is 1. The van der Waals surface area contributed by atoms with E-state index in [-0.39, 0.29) is 19.0 Å². The van der Waals surface area contributed by atoms with Gasteiger partial charge < -0.3 is 44.2 Å². The van der Waals surface area contributed by atoms with Crippen LogP contribution in [-0.4, -0.2) is 56.7 Å². The quantitative estimate of drug-likeness (QED) is 0.0623. The number of allylic oxidation sites excluding steroid dienone is 1. The van der Waals surface area contributed by atoms with Crippen LogP contribution in [-0.2, 0) is 16.1 Å². The molecule has 4 N–H and O–H groups in total. The van der Waals surface area contributed by atoms with Crippen molar-refractivity contribution in [1.29, 1.82) is 0 Å². The second-order valence-electron chi connectivity index (χ2n) is 10.2. The van der Waals surface area contributed by atoms with E-state index in [0.717, 1.165) is 29.8 Å². The van der Waals surface area contributed by atoms with Crippen LogP contribution in [0.3, 0.4) is 0 Å². The van der Waals surface area contributed by atoms with Crippen LogP contribution >= 0.6 is 45.2 Å². The molecular formula is C32H32I2N4O9. The van der Waals surface area contributed by atoms with Crippen LogP contribution in [0.4, 0.5) is 4.79 Å². The smallest absolute Gasteiger partial charge is 0.337 e. The number of benzene rings is 3. The summed E-state index contributed by atoms with van der Waals surface area (Å²) in [7, 11) is 1.28. The number of aliphatic hydroxyl groups excluding tert-OH is 1. The van der Waals surface area contributed by atoms with Gasteiger partial charge in [0.25, 0.3) is 0 Å². The molecule has 0 aliphatic carbocycles. The molecular weight excluding hydrogens is 838 g/mol. The van der Waals surface area contributed by atoms with Crippen molar-refractivity contribution in [1.82, 2.24) is 16.1 Å². The van der Waals surface area contributed by atoms with Gasteiger partial charge in [-0.3, -0.25) is 5.43 Å². The van der Waals surface area contributed by atoms with Gasteiger partial charge in [0.2, 0.25) is 6.79 Å². The van der Waals surface area contributed by atoms with E-state index >= 15 is 0 Å². The summed E-state index contributed by atoms with van der Waals surface area (Å²) in [5.74, 6) is 2.36. The Morgan fingerprint density at radius 3 is 2.60 bits per heavy atom. The third-order valence-electron chi connectivity index (χ3n) is 6.95. The van der Waals surface area contributed by atoms with Gasteiger partial charge in [0.05, 0.1) is 38.7 Å². The molecule has 2 aliphatic rings. The summed E-state index contributed by atoms with van der Waals surface area (Å²) < 4.78 is 35.2. The number of amides is 2. The second-order valence-corrected chi connectivity index (χ2v) is 12.5. The number of ether oxygens (including phenoxy) is 6. The molecule has 0 unspecified atom stereocenters. The van der Waals surface area contributed by atoms with Crippen molar-refractivity contribution in [3.63, 3.8) is 0 Å². The molecule has 248 valence electrons. The van der Waals surface area contributed by atoms with Crippen molar-refractivity contribution < 1.29 is 43.1 Å². The lowest BCUT2D eigenvalue weighted by atomic mass is 9.95. The number of urea groups is 1. The van der Waals surface area contributed by atoms with Gasteiger partial charge in [-0.25, -0.2) is 9.59 Å². The zero-order valence-corrected chi connectivity index (χ0v) is 29.9. The summed E-state index contributed by atoms with van der Waals surface area (Å²) >= 11 is 4.43. The van der Waals surface area contributed by atoms with Gasteiger partial charge in [-0.15, -0.1) is 0 Å². The SMILES string of the molecule is CCOc1cc([C@@H]2NC(=O)NC(C)=C2C(=O)OC)ccc1OC[C@H](O)N/N=C\c1cc(I)c(OCc2ccc3c(c2)OCO3)c(I)c1. The van der Waals surface area contributed by atoms with Crippen molar-refractivity contribution >= 4 is 63.4 Å². The largest absolute Gasteiger partial charge is 0.490 e. The first-order valence-electron chi connectivity index (χ1n) is 14.4. The molecule has 0 radical (unpaired) electrons. The standard InChI is InChI=1S/C32H32I2N4O9/c1-4-43-26-12-20(29-28(31(40)42-3)17(2)36-32(41)37-29)6-8-23(26)44-15-27(39)38-35-13-19-9-21(33)30(22(34)10-19)45-14-18-5-7-24-25(11-18)47-16-46-24/h5-13,27,29,38-39H,4,14-16H2,1-3H3,(H2,36,37,41)/b35-13-/t27-,29-/m0/s1. The number of nitrogens with one attached hydrogen (secondary N) is 3. The molecule has 2 heterocycles. The number of hydrogen-bond donors (Lipinski definition) is 4. The number of nitrogens with zero attached hydrogens (tertiary/aromatic N) is 1. The summed E-state index contributed by atoms with van der Waals surface area (Å²) in [5.41, 5.74) is 5.69. The number of methoxy groups -OCH3 is 1. The molecule has 5 rings (SSSR count). The predicted molar refractivity (Wildman–Crippen MR) is 188 cm³/mol. The van der Waals surface area contributed by atoms with E-state index in [9.17, 15) is 14.7 Å². The molecule has 47 heavy (non-hydrogen) atoms. The van der Waals surface area contributed by atoms with Gasteiger partial charge in [0.15, 0.2) is 29.2 Å². The molecule has 3 aromatic carbocycles. The minimum atomic E-state index is -1.14. The summed E-state index contributed by atoms with van der Waals surface area (Å²) in [6, 6.07) is 13.4. The Hall–Kier alpha value is -3.97. The maximum atomic E-state index is 12.5. The Morgan fingerprint density at radius 2 is 1.85 bits per heavy atom. The molecule has 0 spiro atoms. The van der Waals surface area contributed by atoms with E-state index < -0.39 is 24.3 Å². The van der Waals surface area contributed by atoms with Gasteiger partial charge in [-0.2, -0.15) is 5.10 Å². The average molecular weight is 870 g/mol. The fourth-order valence-corrected chi connectivity index (χ4v) is 6.93. The van der Waals surface area contributed by atoms with E-state index in [0.29, 0.717) is 41.7 Å². The molecule has 2 amide bonds. The molecule has 0 saturated heterocycles. The van der Waals surface area contributed by atoms with Crippen molar-refractivity contribution in [2.75, 3.05) is 27.1 Å². The second kappa shape index (κ2) is 15.7. The number of carbonyl (C=O) groups excluding carboxylic acids is 2. The minimum Gasteiger partial charge on any atom is -0.490 e. The van der Waals surface area contributed by atoms with E-state index in [2.05, 4.69) is 66.3 Å². The number of halogens is 2. The topological polar surface area (TPSA) is 158 Å². The first kappa shape index (κ1) is 34.4. The highest BCUT2D eigenvalue weighted by molar-refractivity contribution is 14.1. The molecule has 2 atom stereocenters. The summed E-state index contributed by atoms with van der Waals surface area (Å²) in [5, 5.41) is 20.0. The summed E-state index contributed by atoms with van der Waals surface area (Å²) in [6.07, 6.45) is 0.458. The van der Waals surface area contributed by atoms with Gasteiger partial charge in [-0.05, 0) is 112 Å². The van der Waals surface area contributed by atoms with Gasteiger partial charge in [-0.1, -0.05) is 12.1 Å². The Labute approximate surface area is 298 Å². The fraction of sp³-hybridized carbons (Fsp3) is 0.281. The fourth-order valence-electron chi connectivity index (χ4n) is 4.80. The molecule has 0 fully saturated rings. The van der Waals surface area contributed by atoms with Gasteiger partial charge in [0.1, 0.15) is 19.0 Å². The van der Waals surface area contributed by atoms with E-state index in [4.69, 9.17) is 28.4 Å². The molecule has 13 nitrogen and oxygen atoms in total. The molecule has 0 bridgehead atoms. The third-order valence-corrected chi connectivity index (χ3v) is 8.55. The lowest BCUT2D eigenvalue weighted by Crippen LogP contribution is -2.45. The zero-order valence-electron chi connectivity index (χ0n) is 25.6. The van der Waals surface area contributed by atoms with E-state index in [1.165, 1.54) is 7.11 Å². The molecule has 0 saturated carbocycles. The van der Waals surface area contributed by atoms with Crippen LogP contribution in [0.2, 0.25) is 0 Å². The third kappa shape index (κ3) is 8.50. The van der Waals surface area contributed by atoms with Crippen molar-refractivity contribution in [3.05, 3.63) is 83.6 Å². The highest BCUT2D eigenvalue weighted by Gasteiger charge is 2.32. The van der Waals surface area contributed by atoms with Crippen molar-refractivity contribution in [3.8, 4) is 28.7 Å². The van der Waals surface area contributed by atoms with Gasteiger partial charge >= 0.3 is 12.0 Å². The Bertz CT molecular complexity index is 1690. The highest BCUT2D eigenvalue weighted by atomic mass is 127. The molecule has 2 aliphatic heterocycles. The number of fused-ring (bicyclic) bond motifs is 1. The zero-order chi connectivity index (χ0) is 33.5. The van der Waals surface area contributed by atoms with Crippen LogP contribution in [0.1, 0.15) is 36.6 Å². The molecule has 0 aromatic heterocycles. The Balaban J connectivity index is 1.18. The lowest BCUT2D eigenvalue weighted by molar-refractivity contribution is -0.136. The van der Waals surface area contributed by atoms with Gasteiger partial charge in [0, 0.05) is 5.70 Å². The maximum Gasteiger partial charge on any atom is 0.337 e. The van der Waals surface area contributed by atoms with Crippen LogP contribution in [0.25, 0.3) is 0 Å². The Kier molecular flexibility index (Phi) is 11.5. The Morgan fingerprint density at radius 1 is 1.09 bits per heavy atom. The van der Waals surface area contributed by atoms with Crippen LogP contribution in [0.5, 0.6) is 28.7 Å². The highest BCUT2D eigenvalue weighted by Crippen LogP contribution is 2.36. The number of carbonyl (C=O) groups is 2. The van der Waals surface area contributed by atoms with Crippen molar-refractivity contribution in [2.24, 2.45) is 5.10 Å². The number of esters is 1. The molecule has 15 heteroatoms. The lowest BCUT2D eigenvalue weighted by Gasteiger charge is -2.28. The first-order chi connectivity index (χ1) is 22.7. The van der Waals surface area contributed by atoms with E-state index in [1.54, 1.807) is 31.3 Å². The van der Waals surface area contributed by atoms with E-state index in [1.807, 2.05) is 37.3 Å². The maximum absolute atomic E-state index is 12.5. The number of aliphatic hydroxyl groups is 1. The number of hydrogen-bond acceptors (Lipinski definition) is 11. The minimum absolute atomic E-state index is 0.144. The average Bonchev–Trinajstić information content (AvgIpc) is 3.51. The molecule has 3 aromatic rings. The van der Waals surface area contributed by atoms with Crippen molar-refractivity contribution in [2.45, 2.75) is 32.7 Å². The van der Waals surface area contributed by atoms with Crippen LogP contribution in [0.15, 0.2) is 64.9 Å². The summed E-state index contributed by atoms with van der Waals surface area (Å²) in [6.45, 7) is 4.23. The summed E-state index contributed by atoms with van der Waals surface area (Å²) in [4.78, 5) is 24.6. The monoisotopic (exact) mass is 870 g/mol. The normalized spacial score (nSPS) is 16.0. The predicted octanol–water partition coefficient (Wildman–Crippen LogP) is 4.72. The van der Waals surface area contributed by atoms with Crippen LogP contribution in [0, 0.1) is 7.14 Å².